The molecule has 1 fully saturated rings. The zero-order valence-electron chi connectivity index (χ0n) is 11.6. The first-order valence-electron chi connectivity index (χ1n) is 6.40. The first-order valence-corrected chi connectivity index (χ1v) is 7.03. The van der Waals surface area contributed by atoms with Gasteiger partial charge in [0.25, 0.3) is 0 Å². The molecule has 1 rings (SSSR count). The van der Waals surface area contributed by atoms with Crippen molar-refractivity contribution in [1.29, 1.82) is 0 Å². The molecule has 0 spiro atoms. The monoisotopic (exact) mass is 273 g/mol. The number of hydrogen-bond acceptors (Lipinski definition) is 4. The Labute approximate surface area is 114 Å². The minimum absolute atomic E-state index is 0.00152. The van der Waals surface area contributed by atoms with Crippen molar-refractivity contribution in [2.75, 3.05) is 12.3 Å². The van der Waals surface area contributed by atoms with Crippen molar-refractivity contribution in [2.24, 2.45) is 5.92 Å². The molecule has 2 atom stereocenters. The van der Waals surface area contributed by atoms with Crippen LogP contribution in [-0.4, -0.2) is 40.7 Å². The van der Waals surface area contributed by atoms with Gasteiger partial charge in [0.2, 0.25) is 5.91 Å². The minimum atomic E-state index is -0.510. The molecule has 104 valence electrons. The molecule has 0 aromatic heterocycles. The molecular weight excluding hydrogens is 250 g/mol. The van der Waals surface area contributed by atoms with Crippen LogP contribution in [0.15, 0.2) is 0 Å². The maximum atomic E-state index is 12.1. The van der Waals surface area contributed by atoms with E-state index in [2.05, 4.69) is 12.6 Å². The molecule has 0 N–H and O–H groups in total. The van der Waals surface area contributed by atoms with Crippen LogP contribution in [0.3, 0.4) is 0 Å². The largest absolute Gasteiger partial charge is 0.458 e. The lowest BCUT2D eigenvalue weighted by Gasteiger charge is -2.28. The predicted octanol–water partition coefficient (Wildman–Crippen LogP) is 1.89. The van der Waals surface area contributed by atoms with Gasteiger partial charge in [-0.15, -0.1) is 0 Å². The number of amides is 1. The van der Waals surface area contributed by atoms with Crippen molar-refractivity contribution in [3.63, 3.8) is 0 Å². The van der Waals surface area contributed by atoms with E-state index in [9.17, 15) is 9.59 Å². The van der Waals surface area contributed by atoms with Crippen molar-refractivity contribution in [3.8, 4) is 0 Å². The fourth-order valence-electron chi connectivity index (χ4n) is 2.01. The molecule has 0 aromatic rings. The molecule has 5 heteroatoms. The number of esters is 1. The summed E-state index contributed by atoms with van der Waals surface area (Å²) in [6, 6.07) is -0.418. The molecule has 0 bridgehead atoms. The smallest absolute Gasteiger partial charge is 0.329 e. The molecule has 0 saturated carbocycles. The number of thiol groups is 1. The van der Waals surface area contributed by atoms with Gasteiger partial charge in [-0.25, -0.2) is 4.79 Å². The van der Waals surface area contributed by atoms with E-state index in [4.69, 9.17) is 4.74 Å². The number of carbonyl (C=O) groups is 2. The van der Waals surface area contributed by atoms with E-state index in [0.29, 0.717) is 18.7 Å². The predicted molar refractivity (Wildman–Crippen MR) is 73.6 cm³/mol. The Bertz CT molecular complexity index is 325. The van der Waals surface area contributed by atoms with Gasteiger partial charge in [-0.05, 0) is 33.6 Å². The van der Waals surface area contributed by atoms with Crippen LogP contribution in [0, 0.1) is 5.92 Å². The molecule has 1 amide bonds. The third-order valence-electron chi connectivity index (χ3n) is 2.91. The van der Waals surface area contributed by atoms with Gasteiger partial charge in [0.05, 0.1) is 0 Å². The van der Waals surface area contributed by atoms with Crippen LogP contribution in [0.5, 0.6) is 0 Å². The highest BCUT2D eigenvalue weighted by molar-refractivity contribution is 7.80. The third kappa shape index (κ3) is 3.90. The standard InChI is InChI=1S/C13H23NO3S/c1-9(8-18)11(15)14-7-5-6-10(14)12(16)17-13(2,3)4/h9-10,18H,5-8H2,1-4H3/t9?,10-/m0/s1. The fraction of sp³-hybridized carbons (Fsp3) is 0.846. The summed E-state index contributed by atoms with van der Waals surface area (Å²) < 4.78 is 5.36. The van der Waals surface area contributed by atoms with E-state index in [1.54, 1.807) is 4.90 Å². The van der Waals surface area contributed by atoms with Crippen LogP contribution in [0.1, 0.15) is 40.5 Å². The summed E-state index contributed by atoms with van der Waals surface area (Å²) in [5.74, 6) is 0.0468. The quantitative estimate of drug-likeness (QED) is 0.631. The Hall–Kier alpha value is -0.710. The van der Waals surface area contributed by atoms with Gasteiger partial charge in [-0.1, -0.05) is 6.92 Å². The molecule has 1 aliphatic rings. The number of ether oxygens (including phenoxy) is 1. The van der Waals surface area contributed by atoms with Crippen LogP contribution in [0.25, 0.3) is 0 Å². The molecule has 4 nitrogen and oxygen atoms in total. The van der Waals surface area contributed by atoms with Crippen LogP contribution in [0.4, 0.5) is 0 Å². The zero-order chi connectivity index (χ0) is 13.9. The maximum absolute atomic E-state index is 12.1. The summed E-state index contributed by atoms with van der Waals surface area (Å²) in [6.07, 6.45) is 1.55. The molecule has 0 aromatic carbocycles. The summed E-state index contributed by atoms with van der Waals surface area (Å²) in [5, 5.41) is 0. The summed E-state index contributed by atoms with van der Waals surface area (Å²) in [6.45, 7) is 7.98. The van der Waals surface area contributed by atoms with Gasteiger partial charge in [0.15, 0.2) is 0 Å². The summed E-state index contributed by atoms with van der Waals surface area (Å²) in [5.41, 5.74) is -0.510. The minimum Gasteiger partial charge on any atom is -0.458 e. The Morgan fingerprint density at radius 1 is 1.44 bits per heavy atom. The van der Waals surface area contributed by atoms with Crippen molar-refractivity contribution in [1.82, 2.24) is 4.90 Å². The second-order valence-corrected chi connectivity index (χ2v) is 6.17. The maximum Gasteiger partial charge on any atom is 0.329 e. The van der Waals surface area contributed by atoms with Gasteiger partial charge in [0, 0.05) is 18.2 Å². The fourth-order valence-corrected chi connectivity index (χ4v) is 2.16. The van der Waals surface area contributed by atoms with E-state index >= 15 is 0 Å². The summed E-state index contributed by atoms with van der Waals surface area (Å²) in [7, 11) is 0. The highest BCUT2D eigenvalue weighted by atomic mass is 32.1. The van der Waals surface area contributed by atoms with Gasteiger partial charge in [-0.2, -0.15) is 12.6 Å². The lowest BCUT2D eigenvalue weighted by Crippen LogP contribution is -2.45. The molecule has 1 heterocycles. The van der Waals surface area contributed by atoms with Crippen LogP contribution in [0.2, 0.25) is 0 Å². The van der Waals surface area contributed by atoms with Gasteiger partial charge >= 0.3 is 5.97 Å². The zero-order valence-corrected chi connectivity index (χ0v) is 12.5. The van der Waals surface area contributed by atoms with Crippen LogP contribution < -0.4 is 0 Å². The Balaban J connectivity index is 2.70. The van der Waals surface area contributed by atoms with Crippen LogP contribution >= 0.6 is 12.6 Å². The van der Waals surface area contributed by atoms with Crippen molar-refractivity contribution < 1.29 is 14.3 Å². The second-order valence-electron chi connectivity index (χ2n) is 5.81. The van der Waals surface area contributed by atoms with Gasteiger partial charge in [0.1, 0.15) is 11.6 Å². The SMILES string of the molecule is CC(CS)C(=O)N1CCC[C@H]1C(=O)OC(C)(C)C. The molecule has 1 saturated heterocycles. The number of carbonyl (C=O) groups excluding carboxylic acids is 2. The lowest BCUT2D eigenvalue weighted by molar-refractivity contribution is -0.163. The third-order valence-corrected chi connectivity index (χ3v) is 3.46. The average molecular weight is 273 g/mol. The number of rotatable bonds is 3. The number of nitrogens with zero attached hydrogens (tertiary/aromatic N) is 1. The molecule has 1 aliphatic heterocycles. The van der Waals surface area contributed by atoms with E-state index < -0.39 is 11.6 Å². The molecule has 1 unspecified atom stereocenters. The highest BCUT2D eigenvalue weighted by Crippen LogP contribution is 2.23. The van der Waals surface area contributed by atoms with Gasteiger partial charge in [-0.3, -0.25) is 4.79 Å². The summed E-state index contributed by atoms with van der Waals surface area (Å²) >= 11 is 4.13. The normalized spacial score (nSPS) is 21.8. The number of hydrogen-bond donors (Lipinski definition) is 1. The lowest BCUT2D eigenvalue weighted by atomic mass is 10.1. The molecule has 18 heavy (non-hydrogen) atoms. The van der Waals surface area contributed by atoms with E-state index in [-0.39, 0.29) is 17.8 Å². The topological polar surface area (TPSA) is 46.6 Å². The number of likely N-dealkylation sites (tertiary alicyclic amines) is 1. The van der Waals surface area contributed by atoms with E-state index in [1.165, 1.54) is 0 Å². The first-order chi connectivity index (χ1) is 8.26. The van der Waals surface area contributed by atoms with Crippen LogP contribution in [-0.2, 0) is 14.3 Å². The molecule has 0 aliphatic carbocycles. The van der Waals surface area contributed by atoms with Crippen molar-refractivity contribution in [2.45, 2.75) is 52.2 Å². The second kappa shape index (κ2) is 5.95. The summed E-state index contributed by atoms with van der Waals surface area (Å²) in [4.78, 5) is 25.8. The van der Waals surface area contributed by atoms with Crippen molar-refractivity contribution >= 4 is 24.5 Å². The highest BCUT2D eigenvalue weighted by Gasteiger charge is 2.37. The molecule has 0 radical (unpaired) electrons. The molecular formula is C13H23NO3S. The Morgan fingerprint density at radius 3 is 2.56 bits per heavy atom. The Kier molecular flexibility index (Phi) is 5.08. The average Bonchev–Trinajstić information content (AvgIpc) is 2.73. The van der Waals surface area contributed by atoms with Crippen molar-refractivity contribution in [3.05, 3.63) is 0 Å². The van der Waals surface area contributed by atoms with E-state index in [0.717, 1.165) is 6.42 Å². The van der Waals surface area contributed by atoms with E-state index in [1.807, 2.05) is 27.7 Å². The first kappa shape index (κ1) is 15.3. The Morgan fingerprint density at radius 2 is 2.06 bits per heavy atom. The van der Waals surface area contributed by atoms with Gasteiger partial charge < -0.3 is 9.64 Å².